The standard InChI is InChI=1S/C10H17N3O2S/c11-4-6-2-1-3-7(6)12-9(14)8-5-16-10(15)13-8/h6-8H,1-5,11H2,(H,12,14)(H,13,15). The molecule has 1 aliphatic heterocycles. The van der Waals surface area contributed by atoms with Crippen molar-refractivity contribution in [3.05, 3.63) is 0 Å². The minimum absolute atomic E-state index is 0.0660. The van der Waals surface area contributed by atoms with Crippen LogP contribution in [0, 0.1) is 5.92 Å². The van der Waals surface area contributed by atoms with Gasteiger partial charge in [-0.1, -0.05) is 18.2 Å². The van der Waals surface area contributed by atoms with Crippen molar-refractivity contribution in [1.29, 1.82) is 0 Å². The Balaban J connectivity index is 1.84. The Morgan fingerprint density at radius 1 is 1.56 bits per heavy atom. The average Bonchev–Trinajstić information content (AvgIpc) is 2.86. The smallest absolute Gasteiger partial charge is 0.279 e. The summed E-state index contributed by atoms with van der Waals surface area (Å²) >= 11 is 1.16. The van der Waals surface area contributed by atoms with Crippen LogP contribution in [0.15, 0.2) is 0 Å². The molecule has 0 radical (unpaired) electrons. The van der Waals surface area contributed by atoms with Crippen LogP contribution in [-0.2, 0) is 4.79 Å². The van der Waals surface area contributed by atoms with Gasteiger partial charge in [-0.25, -0.2) is 0 Å². The van der Waals surface area contributed by atoms with E-state index in [4.69, 9.17) is 5.73 Å². The molecule has 1 heterocycles. The van der Waals surface area contributed by atoms with Crippen molar-refractivity contribution >= 4 is 22.9 Å². The van der Waals surface area contributed by atoms with Gasteiger partial charge in [0, 0.05) is 11.8 Å². The molecule has 1 saturated carbocycles. The number of hydrogen-bond donors (Lipinski definition) is 3. The monoisotopic (exact) mass is 243 g/mol. The Morgan fingerprint density at radius 3 is 3.00 bits per heavy atom. The van der Waals surface area contributed by atoms with Gasteiger partial charge >= 0.3 is 0 Å². The molecule has 2 amide bonds. The zero-order valence-corrected chi connectivity index (χ0v) is 9.89. The number of hydrogen-bond acceptors (Lipinski definition) is 4. The van der Waals surface area contributed by atoms with Crippen LogP contribution in [0.3, 0.4) is 0 Å². The van der Waals surface area contributed by atoms with Crippen LogP contribution in [0.5, 0.6) is 0 Å². The Labute approximate surface area is 98.9 Å². The summed E-state index contributed by atoms with van der Waals surface area (Å²) in [4.78, 5) is 22.8. The zero-order valence-electron chi connectivity index (χ0n) is 9.07. The number of amides is 2. The molecule has 4 N–H and O–H groups in total. The Kier molecular flexibility index (Phi) is 3.70. The SMILES string of the molecule is NCC1CCCC1NC(=O)C1CSC(=O)N1. The average molecular weight is 243 g/mol. The Bertz CT molecular complexity index is 298. The molecule has 16 heavy (non-hydrogen) atoms. The number of carbonyl (C=O) groups excluding carboxylic acids is 2. The first kappa shape index (κ1) is 11.7. The second kappa shape index (κ2) is 5.05. The van der Waals surface area contributed by atoms with Gasteiger partial charge in [-0.3, -0.25) is 9.59 Å². The lowest BCUT2D eigenvalue weighted by atomic mass is 10.0. The molecule has 0 spiro atoms. The predicted octanol–water partition coefficient (Wildman–Crippen LogP) is 0.0550. The highest BCUT2D eigenvalue weighted by molar-refractivity contribution is 8.14. The Hall–Kier alpha value is -0.750. The van der Waals surface area contributed by atoms with E-state index in [1.54, 1.807) is 0 Å². The van der Waals surface area contributed by atoms with E-state index in [-0.39, 0.29) is 23.2 Å². The topological polar surface area (TPSA) is 84.2 Å². The van der Waals surface area contributed by atoms with Crippen LogP contribution in [0.4, 0.5) is 4.79 Å². The van der Waals surface area contributed by atoms with Crippen molar-refractivity contribution in [3.63, 3.8) is 0 Å². The van der Waals surface area contributed by atoms with Gasteiger partial charge in [0.25, 0.3) is 5.24 Å². The zero-order chi connectivity index (χ0) is 11.5. The first-order valence-corrected chi connectivity index (χ1v) is 6.63. The number of nitrogens with one attached hydrogen (secondary N) is 2. The molecule has 1 saturated heterocycles. The minimum atomic E-state index is -0.364. The summed E-state index contributed by atoms with van der Waals surface area (Å²) in [5, 5.41) is 5.53. The largest absolute Gasteiger partial charge is 0.351 e. The van der Waals surface area contributed by atoms with E-state index in [9.17, 15) is 9.59 Å². The highest BCUT2D eigenvalue weighted by Crippen LogP contribution is 2.25. The highest BCUT2D eigenvalue weighted by atomic mass is 32.2. The minimum Gasteiger partial charge on any atom is -0.351 e. The van der Waals surface area contributed by atoms with E-state index < -0.39 is 0 Å². The molecule has 90 valence electrons. The van der Waals surface area contributed by atoms with E-state index >= 15 is 0 Å². The van der Waals surface area contributed by atoms with Crippen molar-refractivity contribution in [1.82, 2.24) is 10.6 Å². The fourth-order valence-electron chi connectivity index (χ4n) is 2.32. The van der Waals surface area contributed by atoms with Crippen molar-refractivity contribution in [2.45, 2.75) is 31.3 Å². The van der Waals surface area contributed by atoms with Crippen molar-refractivity contribution in [3.8, 4) is 0 Å². The Morgan fingerprint density at radius 2 is 2.38 bits per heavy atom. The molecule has 2 rings (SSSR count). The number of rotatable bonds is 3. The fraction of sp³-hybridized carbons (Fsp3) is 0.800. The molecule has 0 aromatic heterocycles. The molecular weight excluding hydrogens is 226 g/mol. The molecule has 2 aliphatic rings. The fourth-order valence-corrected chi connectivity index (χ4v) is 3.10. The van der Waals surface area contributed by atoms with Crippen LogP contribution < -0.4 is 16.4 Å². The quantitative estimate of drug-likeness (QED) is 0.654. The summed E-state index contributed by atoms with van der Waals surface area (Å²) < 4.78 is 0. The molecule has 0 aromatic rings. The van der Waals surface area contributed by atoms with Gasteiger partial charge in [0.05, 0.1) is 0 Å². The second-order valence-corrected chi connectivity index (χ2v) is 5.33. The van der Waals surface area contributed by atoms with Gasteiger partial charge < -0.3 is 16.4 Å². The summed E-state index contributed by atoms with van der Waals surface area (Å²) in [5.41, 5.74) is 5.65. The summed E-state index contributed by atoms with van der Waals surface area (Å²) in [6.45, 7) is 0.622. The van der Waals surface area contributed by atoms with Crippen molar-refractivity contribution in [2.24, 2.45) is 11.7 Å². The number of thioether (sulfide) groups is 1. The van der Waals surface area contributed by atoms with E-state index in [0.717, 1.165) is 31.0 Å². The molecule has 0 bridgehead atoms. The highest BCUT2D eigenvalue weighted by Gasteiger charge is 2.32. The maximum atomic E-state index is 11.8. The van der Waals surface area contributed by atoms with Crippen LogP contribution >= 0.6 is 11.8 Å². The lowest BCUT2D eigenvalue weighted by Crippen LogP contribution is -2.48. The van der Waals surface area contributed by atoms with Crippen LogP contribution in [-0.4, -0.2) is 35.5 Å². The predicted molar refractivity (Wildman–Crippen MR) is 63.1 cm³/mol. The third kappa shape index (κ3) is 2.49. The lowest BCUT2D eigenvalue weighted by Gasteiger charge is -2.21. The summed E-state index contributed by atoms with van der Waals surface area (Å²) in [7, 11) is 0. The first-order chi connectivity index (χ1) is 7.70. The molecule has 3 unspecified atom stereocenters. The van der Waals surface area contributed by atoms with Crippen LogP contribution in [0.1, 0.15) is 19.3 Å². The van der Waals surface area contributed by atoms with Gasteiger partial charge in [-0.2, -0.15) is 0 Å². The van der Waals surface area contributed by atoms with Crippen LogP contribution in [0.2, 0.25) is 0 Å². The maximum Gasteiger partial charge on any atom is 0.279 e. The molecule has 6 heteroatoms. The maximum absolute atomic E-state index is 11.8. The van der Waals surface area contributed by atoms with Gasteiger partial charge in [0.2, 0.25) is 5.91 Å². The normalized spacial score (nSPS) is 33.8. The summed E-state index contributed by atoms with van der Waals surface area (Å²) in [6, 6.07) is -0.170. The van der Waals surface area contributed by atoms with E-state index in [0.29, 0.717) is 18.2 Å². The van der Waals surface area contributed by atoms with Crippen molar-refractivity contribution < 1.29 is 9.59 Å². The summed E-state index contributed by atoms with van der Waals surface area (Å²) in [6.07, 6.45) is 3.22. The third-order valence-corrected chi connectivity index (χ3v) is 4.16. The van der Waals surface area contributed by atoms with Gasteiger partial charge in [-0.05, 0) is 25.3 Å². The van der Waals surface area contributed by atoms with E-state index in [1.807, 2.05) is 0 Å². The van der Waals surface area contributed by atoms with Gasteiger partial charge in [-0.15, -0.1) is 0 Å². The van der Waals surface area contributed by atoms with E-state index in [2.05, 4.69) is 10.6 Å². The second-order valence-electron chi connectivity index (χ2n) is 4.34. The molecule has 0 aromatic carbocycles. The molecule has 3 atom stereocenters. The van der Waals surface area contributed by atoms with Gasteiger partial charge in [0.15, 0.2) is 0 Å². The first-order valence-electron chi connectivity index (χ1n) is 5.64. The lowest BCUT2D eigenvalue weighted by molar-refractivity contribution is -0.123. The van der Waals surface area contributed by atoms with Crippen LogP contribution in [0.25, 0.3) is 0 Å². The number of nitrogens with two attached hydrogens (primary N) is 1. The molecule has 5 nitrogen and oxygen atoms in total. The third-order valence-electron chi connectivity index (χ3n) is 3.28. The molecule has 1 aliphatic carbocycles. The molecular formula is C10H17N3O2S. The molecule has 2 fully saturated rings. The van der Waals surface area contributed by atoms with Gasteiger partial charge in [0.1, 0.15) is 6.04 Å². The summed E-state index contributed by atoms with van der Waals surface area (Å²) in [5.74, 6) is 0.863. The van der Waals surface area contributed by atoms with E-state index in [1.165, 1.54) is 0 Å². The van der Waals surface area contributed by atoms with Crippen molar-refractivity contribution in [2.75, 3.05) is 12.3 Å². The number of carbonyl (C=O) groups is 2.